The van der Waals surface area contributed by atoms with Gasteiger partial charge in [0.05, 0.1) is 6.04 Å². The van der Waals surface area contributed by atoms with Gasteiger partial charge in [0.15, 0.2) is 5.78 Å². The first-order valence-corrected chi connectivity index (χ1v) is 10.9. The molecule has 1 aliphatic carbocycles. The average molecular weight is 400 g/mol. The van der Waals surface area contributed by atoms with Gasteiger partial charge in [-0.25, -0.2) is 0 Å². The Bertz CT molecular complexity index is 1040. The quantitative estimate of drug-likeness (QED) is 0.493. The summed E-state index contributed by atoms with van der Waals surface area (Å²) in [5, 5.41) is 0. The molecule has 0 saturated carbocycles. The van der Waals surface area contributed by atoms with E-state index in [-0.39, 0.29) is 22.7 Å². The van der Waals surface area contributed by atoms with Gasteiger partial charge in [0.2, 0.25) is 0 Å². The fraction of sp³-hybridized carbons (Fsp3) is 0.393. The van der Waals surface area contributed by atoms with Crippen LogP contribution < -0.4 is 4.90 Å². The Morgan fingerprint density at radius 1 is 0.900 bits per heavy atom. The largest absolute Gasteiger partial charge is 0.333 e. The van der Waals surface area contributed by atoms with Crippen molar-refractivity contribution < 1.29 is 4.79 Å². The second-order valence-electron chi connectivity index (χ2n) is 10.7. The van der Waals surface area contributed by atoms with Crippen LogP contribution in [-0.2, 0) is 5.41 Å². The van der Waals surface area contributed by atoms with Gasteiger partial charge >= 0.3 is 0 Å². The number of rotatable bonds is 2. The number of carbonyl (C=O) groups excluding carboxylic acids is 1. The molecule has 156 valence electrons. The maximum absolute atomic E-state index is 11.7. The van der Waals surface area contributed by atoms with E-state index in [1.54, 1.807) is 6.92 Å². The van der Waals surface area contributed by atoms with E-state index in [4.69, 9.17) is 0 Å². The lowest BCUT2D eigenvalue weighted by Gasteiger charge is -2.32. The molecular weight excluding hydrogens is 366 g/mol. The van der Waals surface area contributed by atoms with Crippen LogP contribution in [0, 0.1) is 5.41 Å². The minimum Gasteiger partial charge on any atom is -0.333 e. The van der Waals surface area contributed by atoms with Gasteiger partial charge in [0.1, 0.15) is 0 Å². The molecule has 0 saturated heterocycles. The van der Waals surface area contributed by atoms with Crippen molar-refractivity contribution in [3.8, 4) is 0 Å². The molecule has 2 atom stereocenters. The van der Waals surface area contributed by atoms with Crippen LogP contribution in [-0.4, -0.2) is 11.8 Å². The lowest BCUT2D eigenvalue weighted by molar-refractivity contribution is 0.101. The number of allylic oxidation sites excluding steroid dienone is 2. The second-order valence-corrected chi connectivity index (χ2v) is 10.7. The second kappa shape index (κ2) is 6.97. The van der Waals surface area contributed by atoms with Crippen molar-refractivity contribution in [2.75, 3.05) is 4.90 Å². The van der Waals surface area contributed by atoms with E-state index in [9.17, 15) is 4.79 Å². The van der Waals surface area contributed by atoms with Crippen LogP contribution in [0.4, 0.5) is 11.4 Å². The van der Waals surface area contributed by atoms with Gasteiger partial charge in [0.25, 0.3) is 0 Å². The molecule has 2 aliphatic rings. The highest BCUT2D eigenvalue weighted by Gasteiger charge is 2.39. The van der Waals surface area contributed by atoms with E-state index in [2.05, 4.69) is 95.0 Å². The van der Waals surface area contributed by atoms with Gasteiger partial charge in [-0.3, -0.25) is 4.79 Å². The van der Waals surface area contributed by atoms with Crippen molar-refractivity contribution in [1.82, 2.24) is 0 Å². The summed E-state index contributed by atoms with van der Waals surface area (Å²) in [6.45, 7) is 15.3. The van der Waals surface area contributed by atoms with Crippen LogP contribution in [0.1, 0.15) is 75.9 Å². The van der Waals surface area contributed by atoms with Gasteiger partial charge < -0.3 is 4.90 Å². The highest BCUT2D eigenvalue weighted by molar-refractivity contribution is 5.94. The van der Waals surface area contributed by atoms with Gasteiger partial charge in [-0.2, -0.15) is 0 Å². The summed E-state index contributed by atoms with van der Waals surface area (Å²) in [5.74, 6) is 0.431. The van der Waals surface area contributed by atoms with E-state index in [0.29, 0.717) is 5.92 Å². The molecule has 0 spiro atoms. The summed E-state index contributed by atoms with van der Waals surface area (Å²) in [6, 6.07) is 15.3. The molecule has 0 fully saturated rings. The smallest absolute Gasteiger partial charge is 0.159 e. The fourth-order valence-electron chi connectivity index (χ4n) is 4.53. The number of carbonyl (C=O) groups is 1. The summed E-state index contributed by atoms with van der Waals surface area (Å²) in [6.07, 6.45) is 7.13. The highest BCUT2D eigenvalue weighted by atomic mass is 16.1. The number of hydrogen-bond acceptors (Lipinski definition) is 2. The summed E-state index contributed by atoms with van der Waals surface area (Å²) in [7, 11) is 0. The molecule has 2 heteroatoms. The molecule has 0 aromatic heterocycles. The lowest BCUT2D eigenvalue weighted by Crippen LogP contribution is -2.30. The van der Waals surface area contributed by atoms with Crippen molar-refractivity contribution in [2.45, 2.75) is 65.8 Å². The Hall–Kier alpha value is -2.61. The molecule has 1 aliphatic heterocycles. The minimum absolute atomic E-state index is 0.103. The number of Topliss-reactive ketones (excluding diaryl/α,β-unsaturated/α-hetero) is 1. The number of nitrogens with zero attached hydrogens (tertiary/aromatic N) is 1. The van der Waals surface area contributed by atoms with Crippen molar-refractivity contribution in [2.24, 2.45) is 5.41 Å². The normalized spacial score (nSPS) is 20.6. The highest BCUT2D eigenvalue weighted by Crippen LogP contribution is 2.50. The molecule has 2 aromatic rings. The third-order valence-corrected chi connectivity index (χ3v) is 6.43. The van der Waals surface area contributed by atoms with Gasteiger partial charge in [-0.15, -0.1) is 0 Å². The minimum atomic E-state index is 0.103. The first-order valence-electron chi connectivity index (χ1n) is 10.9. The van der Waals surface area contributed by atoms with Crippen LogP contribution >= 0.6 is 0 Å². The molecular formula is C28H33NO. The zero-order valence-electron chi connectivity index (χ0n) is 19.3. The monoisotopic (exact) mass is 399 g/mol. The zero-order valence-corrected chi connectivity index (χ0v) is 19.3. The van der Waals surface area contributed by atoms with E-state index in [1.165, 1.54) is 22.4 Å². The predicted octanol–water partition coefficient (Wildman–Crippen LogP) is 7.33. The number of anilines is 2. The van der Waals surface area contributed by atoms with Crippen LogP contribution in [0.5, 0.6) is 0 Å². The van der Waals surface area contributed by atoms with Gasteiger partial charge in [-0.1, -0.05) is 71.9 Å². The fourth-order valence-corrected chi connectivity index (χ4v) is 4.53. The molecule has 1 heterocycles. The Kier molecular flexibility index (Phi) is 4.80. The predicted molar refractivity (Wildman–Crippen MR) is 127 cm³/mol. The molecule has 2 aromatic carbocycles. The van der Waals surface area contributed by atoms with Crippen molar-refractivity contribution >= 4 is 17.2 Å². The van der Waals surface area contributed by atoms with Crippen molar-refractivity contribution in [3.05, 3.63) is 83.0 Å². The zero-order chi connectivity index (χ0) is 21.8. The molecule has 30 heavy (non-hydrogen) atoms. The maximum Gasteiger partial charge on any atom is 0.159 e. The molecule has 0 radical (unpaired) electrons. The number of hydrogen-bond donors (Lipinski definition) is 0. The van der Waals surface area contributed by atoms with Crippen molar-refractivity contribution in [1.29, 1.82) is 0 Å². The van der Waals surface area contributed by atoms with E-state index in [1.807, 2.05) is 12.1 Å². The molecule has 0 bridgehead atoms. The Balaban J connectivity index is 1.85. The summed E-state index contributed by atoms with van der Waals surface area (Å²) in [5.41, 5.74) is 7.56. The van der Waals surface area contributed by atoms with Crippen LogP contribution in [0.3, 0.4) is 0 Å². The molecule has 2 unspecified atom stereocenters. The van der Waals surface area contributed by atoms with Crippen LogP contribution in [0.15, 0.2) is 66.3 Å². The number of benzene rings is 2. The molecule has 0 amide bonds. The Morgan fingerprint density at radius 2 is 1.57 bits per heavy atom. The number of ketones is 1. The summed E-state index contributed by atoms with van der Waals surface area (Å²) in [4.78, 5) is 14.2. The maximum atomic E-state index is 11.7. The number of fused-ring (bicyclic) bond motifs is 3. The Labute approximate surface area is 181 Å². The molecule has 2 nitrogen and oxygen atoms in total. The van der Waals surface area contributed by atoms with E-state index in [0.717, 1.165) is 11.3 Å². The standard InChI is InChI=1S/C28H33NO/c1-18(30)19-8-12-22(13-9-19)29-25-14-10-20(27(2,3)4)16-23(25)24-17-21(28(5,6)7)11-15-26(24)29/h8-17,23,25H,1-7H3. The first kappa shape index (κ1) is 20.7. The van der Waals surface area contributed by atoms with Crippen molar-refractivity contribution in [3.63, 3.8) is 0 Å². The Morgan fingerprint density at radius 3 is 2.13 bits per heavy atom. The van der Waals surface area contributed by atoms with Crippen LogP contribution in [0.2, 0.25) is 0 Å². The first-order chi connectivity index (χ1) is 14.0. The topological polar surface area (TPSA) is 20.3 Å². The van der Waals surface area contributed by atoms with Gasteiger partial charge in [-0.05, 0) is 64.8 Å². The summed E-state index contributed by atoms with van der Waals surface area (Å²) < 4.78 is 0. The molecule has 4 rings (SSSR count). The van der Waals surface area contributed by atoms with E-state index < -0.39 is 0 Å². The lowest BCUT2D eigenvalue weighted by atomic mass is 9.77. The van der Waals surface area contributed by atoms with Crippen LogP contribution in [0.25, 0.3) is 0 Å². The summed E-state index contributed by atoms with van der Waals surface area (Å²) >= 11 is 0. The third-order valence-electron chi connectivity index (χ3n) is 6.43. The van der Waals surface area contributed by atoms with E-state index >= 15 is 0 Å². The third kappa shape index (κ3) is 3.53. The average Bonchev–Trinajstić information content (AvgIpc) is 2.99. The van der Waals surface area contributed by atoms with Gasteiger partial charge in [0, 0.05) is 22.9 Å². The SMILES string of the molecule is CC(=O)c1ccc(N2c3ccc(C(C)(C)C)cc3C3C=C(C(C)(C)C)C=CC32)cc1. The molecule has 0 N–H and O–H groups in total.